The second-order valence-corrected chi connectivity index (χ2v) is 10.6. The highest BCUT2D eigenvalue weighted by Gasteiger charge is 2.42. The van der Waals surface area contributed by atoms with Crippen LogP contribution >= 0.6 is 11.6 Å². The molecule has 9 heteroatoms. The van der Waals surface area contributed by atoms with Gasteiger partial charge in [-0.3, -0.25) is 4.79 Å². The van der Waals surface area contributed by atoms with Crippen LogP contribution in [-0.4, -0.2) is 56.3 Å². The van der Waals surface area contributed by atoms with Crippen molar-refractivity contribution in [1.82, 2.24) is 9.21 Å². The highest BCUT2D eigenvalue weighted by molar-refractivity contribution is 7.89. The standard InChI is InChI=1S/C23H26ClFN2O4S/c1-31-21-7-6-18(24)14-22(21)32(29,30)26-11-10-20-17(15-26)5-8-23(28)27(20)12-9-16-3-2-4-19(25)13-16/h2-4,6-7,13-14,17,20H,5,8-12,15H2,1H3/t17-,20+/m1/s1. The van der Waals surface area contributed by atoms with E-state index in [0.717, 1.165) is 5.56 Å². The zero-order chi connectivity index (χ0) is 22.9. The molecule has 0 bridgehead atoms. The van der Waals surface area contributed by atoms with Gasteiger partial charge < -0.3 is 9.64 Å². The van der Waals surface area contributed by atoms with Crippen molar-refractivity contribution < 1.29 is 22.3 Å². The maximum Gasteiger partial charge on any atom is 0.246 e. The van der Waals surface area contributed by atoms with Crippen molar-refractivity contribution in [2.75, 3.05) is 26.7 Å². The highest BCUT2D eigenvalue weighted by Crippen LogP contribution is 2.36. The van der Waals surface area contributed by atoms with Crippen LogP contribution in [0.1, 0.15) is 24.8 Å². The third-order valence-electron chi connectivity index (χ3n) is 6.38. The van der Waals surface area contributed by atoms with Crippen LogP contribution in [0.4, 0.5) is 4.39 Å². The van der Waals surface area contributed by atoms with E-state index in [1.807, 2.05) is 11.0 Å². The second kappa shape index (κ2) is 9.37. The molecule has 2 atom stereocenters. The predicted octanol–water partition coefficient (Wildman–Crippen LogP) is 3.73. The van der Waals surface area contributed by atoms with Gasteiger partial charge in [-0.2, -0.15) is 4.31 Å². The molecule has 32 heavy (non-hydrogen) atoms. The summed E-state index contributed by atoms with van der Waals surface area (Å²) in [6, 6.07) is 10.9. The normalized spacial score (nSPS) is 22.0. The molecule has 0 radical (unpaired) electrons. The minimum absolute atomic E-state index is 0.0162. The molecule has 2 saturated heterocycles. The second-order valence-electron chi connectivity index (χ2n) is 8.28. The summed E-state index contributed by atoms with van der Waals surface area (Å²) in [4.78, 5) is 14.6. The molecule has 4 rings (SSSR count). The number of likely N-dealkylation sites (tertiary alicyclic amines) is 1. The Kier molecular flexibility index (Phi) is 6.74. The van der Waals surface area contributed by atoms with Crippen LogP contribution in [-0.2, 0) is 21.2 Å². The Hall–Kier alpha value is -2.16. The molecule has 2 fully saturated rings. The third-order valence-corrected chi connectivity index (χ3v) is 8.50. The fraction of sp³-hybridized carbons (Fsp3) is 0.435. The van der Waals surface area contributed by atoms with E-state index in [9.17, 15) is 17.6 Å². The first-order valence-corrected chi connectivity index (χ1v) is 12.5. The Labute approximate surface area is 193 Å². The summed E-state index contributed by atoms with van der Waals surface area (Å²) in [6.45, 7) is 1.15. The number of piperidine rings is 2. The summed E-state index contributed by atoms with van der Waals surface area (Å²) in [7, 11) is -2.36. The number of halogens is 2. The molecule has 0 aromatic heterocycles. The van der Waals surface area contributed by atoms with Crippen LogP contribution in [0, 0.1) is 11.7 Å². The van der Waals surface area contributed by atoms with Gasteiger partial charge in [-0.25, -0.2) is 12.8 Å². The molecule has 0 aliphatic carbocycles. The van der Waals surface area contributed by atoms with Gasteiger partial charge in [0.1, 0.15) is 16.5 Å². The Morgan fingerprint density at radius 2 is 2.00 bits per heavy atom. The minimum Gasteiger partial charge on any atom is -0.495 e. The van der Waals surface area contributed by atoms with Crippen molar-refractivity contribution in [3.63, 3.8) is 0 Å². The number of sulfonamides is 1. The van der Waals surface area contributed by atoms with E-state index in [2.05, 4.69) is 0 Å². The Bertz CT molecular complexity index is 1110. The van der Waals surface area contributed by atoms with Crippen molar-refractivity contribution in [2.45, 2.75) is 36.6 Å². The lowest BCUT2D eigenvalue weighted by atomic mass is 9.84. The van der Waals surface area contributed by atoms with Gasteiger partial charge in [-0.1, -0.05) is 23.7 Å². The Morgan fingerprint density at radius 1 is 1.19 bits per heavy atom. The summed E-state index contributed by atoms with van der Waals surface area (Å²) in [5, 5.41) is 0.325. The highest BCUT2D eigenvalue weighted by atomic mass is 35.5. The van der Waals surface area contributed by atoms with Crippen LogP contribution in [0.2, 0.25) is 5.02 Å². The van der Waals surface area contributed by atoms with E-state index in [0.29, 0.717) is 50.3 Å². The maximum absolute atomic E-state index is 13.5. The third kappa shape index (κ3) is 4.63. The number of rotatable bonds is 6. The van der Waals surface area contributed by atoms with E-state index in [4.69, 9.17) is 16.3 Å². The molecule has 2 aromatic rings. The maximum atomic E-state index is 13.5. The molecule has 0 unspecified atom stereocenters. The van der Waals surface area contributed by atoms with Crippen molar-refractivity contribution >= 4 is 27.5 Å². The topological polar surface area (TPSA) is 66.9 Å². The van der Waals surface area contributed by atoms with Crippen molar-refractivity contribution in [2.24, 2.45) is 5.92 Å². The Morgan fingerprint density at radius 3 is 2.75 bits per heavy atom. The minimum atomic E-state index is -3.79. The molecule has 0 N–H and O–H groups in total. The zero-order valence-electron chi connectivity index (χ0n) is 17.8. The lowest BCUT2D eigenvalue weighted by Gasteiger charge is -2.46. The van der Waals surface area contributed by atoms with Crippen LogP contribution in [0.3, 0.4) is 0 Å². The first kappa shape index (κ1) is 23.0. The van der Waals surface area contributed by atoms with Gasteiger partial charge >= 0.3 is 0 Å². The van der Waals surface area contributed by atoms with Gasteiger partial charge in [0.2, 0.25) is 15.9 Å². The molecule has 2 aliphatic rings. The fourth-order valence-electron chi connectivity index (χ4n) is 4.76. The number of carbonyl (C=O) groups excluding carboxylic acids is 1. The molecular formula is C23H26ClFN2O4S. The van der Waals surface area contributed by atoms with Crippen molar-refractivity contribution in [1.29, 1.82) is 0 Å². The van der Waals surface area contributed by atoms with Crippen molar-refractivity contribution in [3.05, 3.63) is 58.9 Å². The van der Waals surface area contributed by atoms with E-state index in [1.165, 1.54) is 29.6 Å². The number of carbonyl (C=O) groups is 1. The largest absolute Gasteiger partial charge is 0.495 e. The molecule has 2 heterocycles. The number of ether oxygens (including phenoxy) is 1. The molecule has 0 saturated carbocycles. The molecule has 0 spiro atoms. The van der Waals surface area contributed by atoms with Crippen LogP contribution in [0.25, 0.3) is 0 Å². The molecular weight excluding hydrogens is 455 g/mol. The summed E-state index contributed by atoms with van der Waals surface area (Å²) in [5.41, 5.74) is 0.841. The monoisotopic (exact) mass is 480 g/mol. The lowest BCUT2D eigenvalue weighted by molar-refractivity contribution is -0.140. The number of benzene rings is 2. The van der Waals surface area contributed by atoms with Gasteiger partial charge in [0.25, 0.3) is 0 Å². The average molecular weight is 481 g/mol. The summed E-state index contributed by atoms with van der Waals surface area (Å²) in [6.07, 6.45) is 2.16. The van der Waals surface area contributed by atoms with E-state index >= 15 is 0 Å². The average Bonchev–Trinajstić information content (AvgIpc) is 2.78. The number of hydrogen-bond donors (Lipinski definition) is 0. The number of fused-ring (bicyclic) bond motifs is 1. The molecule has 1 amide bonds. The summed E-state index contributed by atoms with van der Waals surface area (Å²) < 4.78 is 46.9. The lowest BCUT2D eigenvalue weighted by Crippen LogP contribution is -2.57. The predicted molar refractivity (Wildman–Crippen MR) is 120 cm³/mol. The number of amides is 1. The SMILES string of the molecule is COc1ccc(Cl)cc1S(=O)(=O)N1CC[C@H]2[C@H](CCC(=O)N2CCc2cccc(F)c2)C1. The van der Waals surface area contributed by atoms with E-state index in [-0.39, 0.29) is 34.3 Å². The van der Waals surface area contributed by atoms with Gasteiger partial charge in [0.15, 0.2) is 0 Å². The van der Waals surface area contributed by atoms with Crippen LogP contribution in [0.5, 0.6) is 5.75 Å². The molecule has 2 aliphatic heterocycles. The van der Waals surface area contributed by atoms with Crippen molar-refractivity contribution in [3.8, 4) is 5.75 Å². The number of nitrogens with zero attached hydrogens (tertiary/aromatic N) is 2. The number of hydrogen-bond acceptors (Lipinski definition) is 4. The summed E-state index contributed by atoms with van der Waals surface area (Å²) >= 11 is 6.05. The fourth-order valence-corrected chi connectivity index (χ4v) is 6.69. The van der Waals surface area contributed by atoms with E-state index < -0.39 is 10.0 Å². The van der Waals surface area contributed by atoms with Gasteiger partial charge in [0, 0.05) is 37.1 Å². The zero-order valence-corrected chi connectivity index (χ0v) is 19.4. The molecule has 172 valence electrons. The van der Waals surface area contributed by atoms with Gasteiger partial charge in [0.05, 0.1) is 7.11 Å². The molecule has 6 nitrogen and oxygen atoms in total. The summed E-state index contributed by atoms with van der Waals surface area (Å²) in [5.74, 6) is 0.0942. The first-order chi connectivity index (χ1) is 15.3. The van der Waals surface area contributed by atoms with Crippen LogP contribution in [0.15, 0.2) is 47.4 Å². The Balaban J connectivity index is 1.49. The smallest absolute Gasteiger partial charge is 0.246 e. The van der Waals surface area contributed by atoms with E-state index in [1.54, 1.807) is 18.2 Å². The number of methoxy groups -OCH3 is 1. The quantitative estimate of drug-likeness (QED) is 0.631. The molecule has 2 aromatic carbocycles. The first-order valence-electron chi connectivity index (χ1n) is 10.7. The van der Waals surface area contributed by atoms with Gasteiger partial charge in [-0.15, -0.1) is 0 Å². The van der Waals surface area contributed by atoms with Gasteiger partial charge in [-0.05, 0) is 61.1 Å². The van der Waals surface area contributed by atoms with Crippen LogP contribution < -0.4 is 4.74 Å².